The maximum atomic E-state index is 6.24. The maximum Gasteiger partial charge on any atom is 0.186 e. The molecule has 3 heteroatoms. The van der Waals surface area contributed by atoms with Gasteiger partial charge in [0.15, 0.2) is 8.32 Å². The van der Waals surface area contributed by atoms with Gasteiger partial charge in [0, 0.05) is 5.22 Å². The Hall–Kier alpha value is 0.394. The van der Waals surface area contributed by atoms with E-state index in [4.69, 9.17) is 4.43 Å². The van der Waals surface area contributed by atoms with Crippen LogP contribution < -0.4 is 0 Å². The van der Waals surface area contributed by atoms with Gasteiger partial charge in [-0.05, 0) is 33.0 Å². The molecular weight excluding hydrogens is 180 g/mol. The molecule has 1 nitrogen and oxygen atoms in total. The first kappa shape index (κ1) is 12.4. The zero-order chi connectivity index (χ0) is 9.99. The average molecular weight is 204 g/mol. The summed E-state index contributed by atoms with van der Waals surface area (Å²) < 4.78 is 6.24. The lowest BCUT2D eigenvalue weighted by atomic mass is 10.5. The van der Waals surface area contributed by atoms with E-state index in [9.17, 15) is 0 Å². The Bertz CT molecular complexity index is 141. The highest BCUT2D eigenvalue weighted by Gasteiger charge is 2.32. The molecule has 0 heterocycles. The van der Waals surface area contributed by atoms with E-state index >= 15 is 0 Å². The summed E-state index contributed by atoms with van der Waals surface area (Å²) in [7, 11) is -2.02. The van der Waals surface area contributed by atoms with Crippen LogP contribution in [-0.2, 0) is 4.43 Å². The molecule has 0 N–H and O–H groups in total. The Kier molecular flexibility index (Phi) is 4.20. The van der Waals surface area contributed by atoms with E-state index in [0.29, 0.717) is 0 Å². The number of hydrogen-bond acceptors (Lipinski definition) is 1. The molecule has 0 aromatic heterocycles. The third kappa shape index (κ3) is 3.87. The lowest BCUT2D eigenvalue weighted by Crippen LogP contribution is -2.47. The Labute approximate surface area is 80.3 Å². The highest BCUT2D eigenvalue weighted by Crippen LogP contribution is 2.22. The van der Waals surface area contributed by atoms with Gasteiger partial charge in [-0.25, -0.2) is 0 Å². The minimum absolute atomic E-state index is 0.186. The molecule has 0 saturated carbocycles. The SMILES string of the molecule is CC[Si](C)(C)OC(C)(C)[SiH](C)C. The van der Waals surface area contributed by atoms with Crippen molar-refractivity contribution >= 4 is 17.1 Å². The van der Waals surface area contributed by atoms with Crippen LogP contribution in [0.1, 0.15) is 20.8 Å². The third-order valence-corrected chi connectivity index (χ3v) is 8.70. The molecule has 0 aliphatic carbocycles. The Morgan fingerprint density at radius 3 is 1.92 bits per heavy atom. The largest absolute Gasteiger partial charge is 0.416 e. The van der Waals surface area contributed by atoms with E-state index in [1.807, 2.05) is 0 Å². The monoisotopic (exact) mass is 204 g/mol. The predicted octanol–water partition coefficient (Wildman–Crippen LogP) is 3.03. The van der Waals surface area contributed by atoms with Gasteiger partial charge in [0.2, 0.25) is 0 Å². The van der Waals surface area contributed by atoms with Gasteiger partial charge in [0.1, 0.15) is 0 Å². The molecule has 0 spiro atoms. The minimum Gasteiger partial charge on any atom is -0.416 e. The van der Waals surface area contributed by atoms with E-state index in [1.54, 1.807) is 0 Å². The molecule has 0 aliphatic rings. The molecule has 0 aromatic rings. The van der Waals surface area contributed by atoms with E-state index in [1.165, 1.54) is 6.04 Å². The van der Waals surface area contributed by atoms with Crippen molar-refractivity contribution in [3.63, 3.8) is 0 Å². The summed E-state index contributed by atoms with van der Waals surface area (Å²) in [5.74, 6) is 0. The zero-order valence-corrected chi connectivity index (χ0v) is 11.8. The van der Waals surface area contributed by atoms with Crippen LogP contribution in [-0.4, -0.2) is 22.3 Å². The second kappa shape index (κ2) is 4.07. The molecule has 12 heavy (non-hydrogen) atoms. The van der Waals surface area contributed by atoms with Gasteiger partial charge in [-0.2, -0.15) is 0 Å². The Morgan fingerprint density at radius 1 is 1.25 bits per heavy atom. The van der Waals surface area contributed by atoms with Crippen LogP contribution in [0.4, 0.5) is 0 Å². The first-order valence-electron chi connectivity index (χ1n) is 4.91. The molecule has 0 saturated heterocycles. The first-order chi connectivity index (χ1) is 5.21. The molecule has 0 bridgehead atoms. The lowest BCUT2D eigenvalue weighted by Gasteiger charge is -2.37. The van der Waals surface area contributed by atoms with Crippen molar-refractivity contribution in [3.8, 4) is 0 Å². The summed E-state index contributed by atoms with van der Waals surface area (Å²) in [5, 5.41) is 0.186. The van der Waals surface area contributed by atoms with Gasteiger partial charge in [-0.1, -0.05) is 20.0 Å². The minimum atomic E-state index is -1.34. The van der Waals surface area contributed by atoms with E-state index in [-0.39, 0.29) is 5.22 Å². The molecule has 0 fully saturated rings. The molecule has 74 valence electrons. The second-order valence-electron chi connectivity index (χ2n) is 4.97. The summed E-state index contributed by atoms with van der Waals surface area (Å²) in [4.78, 5) is 0. The van der Waals surface area contributed by atoms with Gasteiger partial charge in [0.05, 0.1) is 8.80 Å². The van der Waals surface area contributed by atoms with E-state index in [2.05, 4.69) is 47.0 Å². The maximum absolute atomic E-state index is 6.24. The summed E-state index contributed by atoms with van der Waals surface area (Å²) in [6, 6.07) is 1.22. The summed E-state index contributed by atoms with van der Waals surface area (Å²) in [6.45, 7) is 16.1. The lowest BCUT2D eigenvalue weighted by molar-refractivity contribution is 0.180. The van der Waals surface area contributed by atoms with E-state index < -0.39 is 17.1 Å². The molecule has 0 radical (unpaired) electrons. The second-order valence-corrected chi connectivity index (χ2v) is 13.1. The Morgan fingerprint density at radius 2 is 1.67 bits per heavy atom. The topological polar surface area (TPSA) is 9.23 Å². The van der Waals surface area contributed by atoms with Crippen LogP contribution in [0.3, 0.4) is 0 Å². The fourth-order valence-corrected chi connectivity index (χ4v) is 4.37. The molecule has 0 aromatic carbocycles. The van der Waals surface area contributed by atoms with Gasteiger partial charge in [-0.3, -0.25) is 0 Å². The van der Waals surface area contributed by atoms with Crippen molar-refractivity contribution in [2.24, 2.45) is 0 Å². The quantitative estimate of drug-likeness (QED) is 0.640. The summed E-state index contributed by atoms with van der Waals surface area (Å²) >= 11 is 0. The van der Waals surface area contributed by atoms with Crippen LogP contribution >= 0.6 is 0 Å². The summed E-state index contributed by atoms with van der Waals surface area (Å²) in [6.07, 6.45) is 0. The fraction of sp³-hybridized carbons (Fsp3) is 1.00. The van der Waals surface area contributed by atoms with Gasteiger partial charge in [-0.15, -0.1) is 0 Å². The van der Waals surface area contributed by atoms with Crippen molar-refractivity contribution < 1.29 is 4.43 Å². The first-order valence-corrected chi connectivity index (χ1v) is 10.9. The molecule has 0 aliphatic heterocycles. The predicted molar refractivity (Wildman–Crippen MR) is 62.0 cm³/mol. The molecule has 0 amide bonds. The third-order valence-electron chi connectivity index (χ3n) is 2.78. The van der Waals surface area contributed by atoms with Crippen LogP contribution in [0.15, 0.2) is 0 Å². The summed E-state index contributed by atoms with van der Waals surface area (Å²) in [5.41, 5.74) is 0. The van der Waals surface area contributed by atoms with Crippen molar-refractivity contribution in [2.75, 3.05) is 0 Å². The normalized spacial score (nSPS) is 14.0. The zero-order valence-electron chi connectivity index (χ0n) is 9.69. The molecule has 0 unspecified atom stereocenters. The molecule has 0 rings (SSSR count). The smallest absolute Gasteiger partial charge is 0.186 e. The number of hydrogen-bond donors (Lipinski definition) is 0. The highest BCUT2D eigenvalue weighted by atomic mass is 28.4. The fourth-order valence-electron chi connectivity index (χ4n) is 0.902. The standard InChI is InChI=1S/C9H24OSi2/c1-8-12(6,7)10-9(2,3)11(4)5/h11H,8H2,1-7H3. The van der Waals surface area contributed by atoms with Crippen molar-refractivity contribution in [1.29, 1.82) is 0 Å². The molecule has 0 atom stereocenters. The van der Waals surface area contributed by atoms with Crippen molar-refractivity contribution in [3.05, 3.63) is 0 Å². The Balaban J connectivity index is 4.23. The van der Waals surface area contributed by atoms with Gasteiger partial charge >= 0.3 is 0 Å². The van der Waals surface area contributed by atoms with Crippen molar-refractivity contribution in [2.45, 2.75) is 58.2 Å². The van der Waals surface area contributed by atoms with Crippen LogP contribution in [0.5, 0.6) is 0 Å². The van der Waals surface area contributed by atoms with Crippen LogP contribution in [0.25, 0.3) is 0 Å². The highest BCUT2D eigenvalue weighted by molar-refractivity contribution is 6.72. The van der Waals surface area contributed by atoms with Crippen LogP contribution in [0, 0.1) is 0 Å². The number of rotatable bonds is 4. The van der Waals surface area contributed by atoms with Gasteiger partial charge in [0.25, 0.3) is 0 Å². The van der Waals surface area contributed by atoms with E-state index in [0.717, 1.165) is 0 Å². The van der Waals surface area contributed by atoms with Crippen molar-refractivity contribution in [1.82, 2.24) is 0 Å². The molecular formula is C9H24OSi2. The van der Waals surface area contributed by atoms with Gasteiger partial charge < -0.3 is 4.43 Å². The van der Waals surface area contributed by atoms with Crippen LogP contribution in [0.2, 0.25) is 32.2 Å². The average Bonchev–Trinajstić information content (AvgIpc) is 1.85.